The number of methoxy groups -OCH3 is 1. The number of halogens is 2. The van der Waals surface area contributed by atoms with Crippen LogP contribution in [-0.4, -0.2) is 13.1 Å². The Morgan fingerprint density at radius 3 is 2.42 bits per heavy atom. The van der Waals surface area contributed by atoms with E-state index in [2.05, 4.69) is 18.2 Å². The van der Waals surface area contributed by atoms with Crippen LogP contribution in [0.1, 0.15) is 29.9 Å². The topological polar surface area (TPSA) is 26.3 Å². The zero-order valence-electron chi connectivity index (χ0n) is 14.9. The van der Waals surface area contributed by atoms with Crippen molar-refractivity contribution in [2.45, 2.75) is 26.7 Å². The van der Waals surface area contributed by atoms with Crippen LogP contribution < -0.4 is 0 Å². The van der Waals surface area contributed by atoms with Crippen LogP contribution in [-0.2, 0) is 22.4 Å². The van der Waals surface area contributed by atoms with E-state index in [0.29, 0.717) is 22.9 Å². The number of carbonyl (C=O) groups is 1. The summed E-state index contributed by atoms with van der Waals surface area (Å²) in [7, 11) is 1.43. The average Bonchev–Trinajstić information content (AvgIpc) is 2.99. The Morgan fingerprint density at radius 2 is 1.77 bits per heavy atom. The van der Waals surface area contributed by atoms with Crippen LogP contribution in [0.2, 0.25) is 10.0 Å². The first-order valence-corrected chi connectivity index (χ1v) is 9.90. The number of hydrogen-bond donors (Lipinski definition) is 0. The van der Waals surface area contributed by atoms with E-state index < -0.39 is 5.41 Å². The van der Waals surface area contributed by atoms with Gasteiger partial charge in [-0.25, -0.2) is 0 Å². The van der Waals surface area contributed by atoms with Gasteiger partial charge in [0.1, 0.15) is 0 Å². The van der Waals surface area contributed by atoms with Crippen molar-refractivity contribution in [2.75, 3.05) is 7.11 Å². The lowest BCUT2D eigenvalue weighted by Crippen LogP contribution is -2.27. The zero-order valence-corrected chi connectivity index (χ0v) is 17.3. The van der Waals surface area contributed by atoms with Gasteiger partial charge in [0.15, 0.2) is 0 Å². The molecule has 0 unspecified atom stereocenters. The van der Waals surface area contributed by atoms with Crippen molar-refractivity contribution < 1.29 is 9.53 Å². The molecule has 0 bridgehead atoms. The molecule has 136 valence electrons. The molecule has 3 aromatic rings. The normalized spacial score (nSPS) is 11.7. The summed E-state index contributed by atoms with van der Waals surface area (Å²) < 4.78 is 6.12. The summed E-state index contributed by atoms with van der Waals surface area (Å²) in [6, 6.07) is 14.0. The van der Waals surface area contributed by atoms with Gasteiger partial charge < -0.3 is 4.74 Å². The van der Waals surface area contributed by atoms with Crippen LogP contribution in [0.15, 0.2) is 42.5 Å². The van der Waals surface area contributed by atoms with Gasteiger partial charge in [0.2, 0.25) is 0 Å². The van der Waals surface area contributed by atoms with E-state index in [0.717, 1.165) is 10.4 Å². The largest absolute Gasteiger partial charge is 0.469 e. The second kappa shape index (κ2) is 7.59. The predicted octanol–water partition coefficient (Wildman–Crippen LogP) is 6.54. The van der Waals surface area contributed by atoms with E-state index in [-0.39, 0.29) is 5.97 Å². The third-order valence-corrected chi connectivity index (χ3v) is 6.29. The number of benzene rings is 2. The molecule has 2 aromatic carbocycles. The summed E-state index contributed by atoms with van der Waals surface area (Å²) >= 11 is 14.4. The van der Waals surface area contributed by atoms with Crippen LogP contribution in [0.3, 0.4) is 0 Å². The molecule has 0 amide bonds. The Balaban J connectivity index is 1.96. The highest BCUT2D eigenvalue weighted by molar-refractivity contribution is 7.19. The van der Waals surface area contributed by atoms with E-state index in [9.17, 15) is 4.79 Å². The second-order valence-electron chi connectivity index (χ2n) is 6.97. The maximum absolute atomic E-state index is 12.0. The summed E-state index contributed by atoms with van der Waals surface area (Å²) in [6.07, 6.45) is 1.32. The number of carbonyl (C=O) groups excluding carboxylic acids is 1. The molecule has 26 heavy (non-hydrogen) atoms. The van der Waals surface area contributed by atoms with Crippen molar-refractivity contribution >= 4 is 50.6 Å². The number of ether oxygens (including phenoxy) is 1. The Kier molecular flexibility index (Phi) is 5.61. The highest BCUT2D eigenvalue weighted by Crippen LogP contribution is 2.35. The third kappa shape index (κ3) is 3.90. The van der Waals surface area contributed by atoms with Crippen LogP contribution >= 0.6 is 34.5 Å². The molecule has 3 rings (SSSR count). The predicted molar refractivity (Wildman–Crippen MR) is 111 cm³/mol. The number of fused-ring (bicyclic) bond motifs is 1. The number of rotatable bonds is 5. The average molecular weight is 407 g/mol. The van der Waals surface area contributed by atoms with E-state index in [1.165, 1.54) is 22.8 Å². The maximum atomic E-state index is 12.0. The fraction of sp³-hybridized carbons (Fsp3) is 0.286. The molecule has 0 spiro atoms. The van der Waals surface area contributed by atoms with Crippen molar-refractivity contribution in [3.63, 3.8) is 0 Å². The summed E-state index contributed by atoms with van der Waals surface area (Å²) in [5.41, 5.74) is 1.56. The summed E-state index contributed by atoms with van der Waals surface area (Å²) in [6.45, 7) is 3.82. The van der Waals surface area contributed by atoms with Crippen molar-refractivity contribution in [2.24, 2.45) is 5.41 Å². The highest BCUT2D eigenvalue weighted by atomic mass is 35.5. The number of hydrogen-bond acceptors (Lipinski definition) is 3. The van der Waals surface area contributed by atoms with Crippen LogP contribution in [0.4, 0.5) is 0 Å². The van der Waals surface area contributed by atoms with Gasteiger partial charge in [-0.15, -0.1) is 11.3 Å². The van der Waals surface area contributed by atoms with Gasteiger partial charge in [0.25, 0.3) is 0 Å². The number of thiophene rings is 1. The molecule has 1 aromatic heterocycles. The molecule has 0 aliphatic carbocycles. The van der Waals surface area contributed by atoms with E-state index >= 15 is 0 Å². The van der Waals surface area contributed by atoms with Crippen molar-refractivity contribution in [1.29, 1.82) is 0 Å². The Morgan fingerprint density at radius 1 is 1.12 bits per heavy atom. The van der Waals surface area contributed by atoms with Crippen molar-refractivity contribution in [3.8, 4) is 0 Å². The monoisotopic (exact) mass is 406 g/mol. The molecule has 5 heteroatoms. The molecule has 1 heterocycles. The first-order chi connectivity index (χ1) is 12.3. The van der Waals surface area contributed by atoms with E-state index in [1.54, 1.807) is 11.3 Å². The van der Waals surface area contributed by atoms with Crippen LogP contribution in [0, 0.1) is 5.41 Å². The molecule has 0 atom stereocenters. The first-order valence-electron chi connectivity index (χ1n) is 8.33. The molecule has 0 aliphatic heterocycles. The van der Waals surface area contributed by atoms with Crippen molar-refractivity contribution in [3.05, 3.63) is 68.5 Å². The Bertz CT molecular complexity index is 940. The minimum absolute atomic E-state index is 0.196. The van der Waals surface area contributed by atoms with Crippen molar-refractivity contribution in [1.82, 2.24) is 0 Å². The van der Waals surface area contributed by atoms with Gasteiger partial charge in [-0.05, 0) is 61.0 Å². The van der Waals surface area contributed by atoms with Crippen LogP contribution in [0.5, 0.6) is 0 Å². The lowest BCUT2D eigenvalue weighted by molar-refractivity contribution is -0.150. The number of esters is 1. The minimum atomic E-state index is -0.554. The smallest absolute Gasteiger partial charge is 0.311 e. The minimum Gasteiger partial charge on any atom is -0.469 e. The highest BCUT2D eigenvalue weighted by Gasteiger charge is 2.29. The maximum Gasteiger partial charge on any atom is 0.311 e. The molecule has 0 aliphatic rings. The quantitative estimate of drug-likeness (QED) is 0.449. The molecule has 0 radical (unpaired) electrons. The lowest BCUT2D eigenvalue weighted by atomic mass is 9.88. The van der Waals surface area contributed by atoms with Gasteiger partial charge in [0, 0.05) is 26.0 Å². The summed E-state index contributed by atoms with van der Waals surface area (Å²) in [5.74, 6) is -0.196. The van der Waals surface area contributed by atoms with Gasteiger partial charge in [0.05, 0.1) is 12.5 Å². The van der Waals surface area contributed by atoms with Gasteiger partial charge in [-0.2, -0.15) is 0 Å². The molecule has 0 saturated carbocycles. The van der Waals surface area contributed by atoms with Gasteiger partial charge in [-0.1, -0.05) is 41.4 Å². The van der Waals surface area contributed by atoms with E-state index in [4.69, 9.17) is 27.9 Å². The lowest BCUT2D eigenvalue weighted by Gasteiger charge is -2.20. The molecule has 0 N–H and O–H groups in total. The van der Waals surface area contributed by atoms with E-state index in [1.807, 2.05) is 38.1 Å². The van der Waals surface area contributed by atoms with Gasteiger partial charge in [-0.3, -0.25) is 4.79 Å². The molecule has 0 saturated heterocycles. The molecule has 2 nitrogen and oxygen atoms in total. The fourth-order valence-corrected chi connectivity index (χ4v) is 4.96. The Labute approximate surface area is 167 Å². The summed E-state index contributed by atoms with van der Waals surface area (Å²) in [4.78, 5) is 13.1. The third-order valence-electron chi connectivity index (χ3n) is 4.49. The Hall–Kier alpha value is -1.55. The summed E-state index contributed by atoms with van der Waals surface area (Å²) in [5, 5.41) is 2.54. The molecular weight excluding hydrogens is 387 g/mol. The molecule has 0 fully saturated rings. The molecular formula is C21H20Cl2O2S. The van der Waals surface area contributed by atoms with Gasteiger partial charge >= 0.3 is 5.97 Å². The van der Waals surface area contributed by atoms with Crippen LogP contribution in [0.25, 0.3) is 10.1 Å². The SMILES string of the molecule is COC(=O)C(C)(C)Cc1cc2c(Cc3c(Cl)cccc3Cl)cccc2s1. The first kappa shape index (κ1) is 19.2. The fourth-order valence-electron chi connectivity index (χ4n) is 3.09. The second-order valence-corrected chi connectivity index (χ2v) is 8.95. The zero-order chi connectivity index (χ0) is 18.9. The standard InChI is InChI=1S/C21H20Cl2O2S/c1-21(2,20(24)25-3)12-14-11-15-13(6-4-9-19(15)26-14)10-16-17(22)7-5-8-18(16)23/h4-9,11H,10,12H2,1-3H3.